The molecule has 1 aliphatic rings. The molecule has 1 aliphatic carbocycles. The number of alkyl halides is 1. The quantitative estimate of drug-likeness (QED) is 0.544. The summed E-state index contributed by atoms with van der Waals surface area (Å²) >= 11 is 11.9. The minimum atomic E-state index is 0.348. The van der Waals surface area contributed by atoms with Gasteiger partial charge in [0.2, 0.25) is 0 Å². The largest absolute Gasteiger partial charge is 0.490 e. The molecular formula is C14H18Cl2O. The maximum absolute atomic E-state index is 6.07. The number of hydrogen-bond donors (Lipinski definition) is 0. The first-order valence-corrected chi connectivity index (χ1v) is 7.22. The Morgan fingerprint density at radius 3 is 2.47 bits per heavy atom. The van der Waals surface area contributed by atoms with Gasteiger partial charge in [-0.3, -0.25) is 0 Å². The van der Waals surface area contributed by atoms with E-state index in [9.17, 15) is 0 Å². The van der Waals surface area contributed by atoms with Crippen LogP contribution in [0.25, 0.3) is 0 Å². The Hall–Kier alpha value is -0.400. The molecule has 2 rings (SSSR count). The van der Waals surface area contributed by atoms with E-state index >= 15 is 0 Å². The summed E-state index contributed by atoms with van der Waals surface area (Å²) in [6.07, 6.45) is 7.88. The lowest BCUT2D eigenvalue weighted by Crippen LogP contribution is -2.15. The normalized spacial score (nSPS) is 17.8. The minimum absolute atomic E-state index is 0.348. The molecule has 1 aromatic rings. The van der Waals surface area contributed by atoms with Gasteiger partial charge in [-0.1, -0.05) is 24.4 Å². The standard InChI is InChI=1S/C14H18Cl2O/c15-10-11-9-12(16)7-8-14(11)17-13-5-3-1-2-4-6-13/h7-9,13H,1-6,10H2. The molecule has 0 unspecified atom stereocenters. The molecule has 1 saturated carbocycles. The van der Waals surface area contributed by atoms with E-state index in [1.165, 1.54) is 25.7 Å². The van der Waals surface area contributed by atoms with Gasteiger partial charge in [0.1, 0.15) is 5.75 Å². The van der Waals surface area contributed by atoms with Crippen LogP contribution in [0.4, 0.5) is 0 Å². The minimum Gasteiger partial charge on any atom is -0.490 e. The van der Waals surface area contributed by atoms with Crippen LogP contribution in [0.5, 0.6) is 5.75 Å². The summed E-state index contributed by atoms with van der Waals surface area (Å²) in [6, 6.07) is 5.69. The maximum Gasteiger partial charge on any atom is 0.124 e. The van der Waals surface area contributed by atoms with Crippen molar-refractivity contribution in [3.8, 4) is 5.75 Å². The monoisotopic (exact) mass is 272 g/mol. The van der Waals surface area contributed by atoms with Crippen LogP contribution >= 0.6 is 23.2 Å². The topological polar surface area (TPSA) is 9.23 Å². The van der Waals surface area contributed by atoms with Crippen molar-refractivity contribution in [2.75, 3.05) is 0 Å². The second-order valence-electron chi connectivity index (χ2n) is 4.62. The van der Waals surface area contributed by atoms with Crippen LogP contribution in [-0.2, 0) is 5.88 Å². The first-order valence-electron chi connectivity index (χ1n) is 6.30. The fourth-order valence-electron chi connectivity index (χ4n) is 2.31. The van der Waals surface area contributed by atoms with Crippen molar-refractivity contribution in [2.24, 2.45) is 0 Å². The molecule has 0 N–H and O–H groups in total. The van der Waals surface area contributed by atoms with Crippen molar-refractivity contribution in [3.05, 3.63) is 28.8 Å². The van der Waals surface area contributed by atoms with Crippen molar-refractivity contribution in [2.45, 2.75) is 50.5 Å². The van der Waals surface area contributed by atoms with Crippen LogP contribution < -0.4 is 4.74 Å². The third kappa shape index (κ3) is 3.79. The van der Waals surface area contributed by atoms with Crippen molar-refractivity contribution >= 4 is 23.2 Å². The van der Waals surface area contributed by atoms with Gasteiger partial charge in [-0.2, -0.15) is 0 Å². The molecule has 0 saturated heterocycles. The fourth-order valence-corrected chi connectivity index (χ4v) is 2.71. The van der Waals surface area contributed by atoms with E-state index in [0.717, 1.165) is 24.2 Å². The Labute approximate surface area is 113 Å². The molecule has 1 fully saturated rings. The zero-order valence-corrected chi connectivity index (χ0v) is 11.4. The first kappa shape index (κ1) is 13.0. The highest BCUT2D eigenvalue weighted by molar-refractivity contribution is 6.30. The first-order chi connectivity index (χ1) is 8.29. The highest BCUT2D eigenvalue weighted by Crippen LogP contribution is 2.28. The Morgan fingerprint density at radius 2 is 1.82 bits per heavy atom. The molecule has 0 atom stereocenters. The molecule has 0 spiro atoms. The molecule has 3 heteroatoms. The molecule has 0 bridgehead atoms. The molecule has 0 radical (unpaired) electrons. The predicted molar refractivity (Wildman–Crippen MR) is 73.1 cm³/mol. The highest BCUT2D eigenvalue weighted by atomic mass is 35.5. The molecule has 0 amide bonds. The molecular weight excluding hydrogens is 255 g/mol. The van der Waals surface area contributed by atoms with Gasteiger partial charge >= 0.3 is 0 Å². The van der Waals surface area contributed by atoms with Crippen molar-refractivity contribution in [1.82, 2.24) is 0 Å². The average molecular weight is 273 g/mol. The number of rotatable bonds is 3. The Bertz CT molecular complexity index is 357. The van der Waals surface area contributed by atoms with Crippen LogP contribution in [0.3, 0.4) is 0 Å². The van der Waals surface area contributed by atoms with E-state index in [1.807, 2.05) is 18.2 Å². The van der Waals surface area contributed by atoms with Gasteiger partial charge in [0.05, 0.1) is 12.0 Å². The molecule has 0 aliphatic heterocycles. The smallest absolute Gasteiger partial charge is 0.124 e. The maximum atomic E-state index is 6.07. The molecule has 1 aromatic carbocycles. The van der Waals surface area contributed by atoms with Gasteiger partial charge in [-0.25, -0.2) is 0 Å². The van der Waals surface area contributed by atoms with Crippen LogP contribution in [-0.4, -0.2) is 6.10 Å². The summed E-state index contributed by atoms with van der Waals surface area (Å²) < 4.78 is 6.07. The average Bonchev–Trinajstić information content (AvgIpc) is 2.60. The second-order valence-corrected chi connectivity index (χ2v) is 5.32. The van der Waals surface area contributed by atoms with Gasteiger partial charge in [0, 0.05) is 10.6 Å². The lowest BCUT2D eigenvalue weighted by atomic mass is 10.1. The molecule has 17 heavy (non-hydrogen) atoms. The molecule has 0 heterocycles. The van der Waals surface area contributed by atoms with Gasteiger partial charge in [0.15, 0.2) is 0 Å². The van der Waals surface area contributed by atoms with Gasteiger partial charge in [0.25, 0.3) is 0 Å². The van der Waals surface area contributed by atoms with Crippen molar-refractivity contribution in [3.63, 3.8) is 0 Å². The number of benzene rings is 1. The zero-order chi connectivity index (χ0) is 12.1. The third-order valence-electron chi connectivity index (χ3n) is 3.26. The summed E-state index contributed by atoms with van der Waals surface area (Å²) in [4.78, 5) is 0. The lowest BCUT2D eigenvalue weighted by molar-refractivity contribution is 0.182. The number of hydrogen-bond acceptors (Lipinski definition) is 1. The van der Waals surface area contributed by atoms with Crippen LogP contribution in [0, 0.1) is 0 Å². The van der Waals surface area contributed by atoms with Crippen LogP contribution in [0.15, 0.2) is 18.2 Å². The van der Waals surface area contributed by atoms with Gasteiger partial charge in [-0.15, -0.1) is 11.6 Å². The number of ether oxygens (including phenoxy) is 1. The Morgan fingerprint density at radius 1 is 1.12 bits per heavy atom. The van der Waals surface area contributed by atoms with Gasteiger partial charge in [-0.05, 0) is 43.9 Å². The summed E-state index contributed by atoms with van der Waals surface area (Å²) in [6.45, 7) is 0. The predicted octanol–water partition coefficient (Wildman–Crippen LogP) is 5.18. The van der Waals surface area contributed by atoms with Crippen molar-refractivity contribution in [1.29, 1.82) is 0 Å². The van der Waals surface area contributed by atoms with Crippen molar-refractivity contribution < 1.29 is 4.74 Å². The van der Waals surface area contributed by atoms with Crippen LogP contribution in [0.1, 0.15) is 44.1 Å². The highest BCUT2D eigenvalue weighted by Gasteiger charge is 2.15. The van der Waals surface area contributed by atoms with E-state index < -0.39 is 0 Å². The summed E-state index contributed by atoms with van der Waals surface area (Å²) in [5, 5.41) is 0.717. The van der Waals surface area contributed by atoms with E-state index in [4.69, 9.17) is 27.9 Å². The molecule has 1 nitrogen and oxygen atoms in total. The third-order valence-corrected chi connectivity index (χ3v) is 3.79. The Kier molecular flexibility index (Phi) is 4.99. The zero-order valence-electron chi connectivity index (χ0n) is 9.92. The van der Waals surface area contributed by atoms with E-state index in [2.05, 4.69) is 0 Å². The fraction of sp³-hybridized carbons (Fsp3) is 0.571. The van der Waals surface area contributed by atoms with Gasteiger partial charge < -0.3 is 4.74 Å². The number of halogens is 2. The van der Waals surface area contributed by atoms with E-state index in [0.29, 0.717) is 17.0 Å². The molecule has 0 aromatic heterocycles. The van der Waals surface area contributed by atoms with E-state index in [-0.39, 0.29) is 0 Å². The SMILES string of the molecule is ClCc1cc(Cl)ccc1OC1CCCCCC1. The Balaban J connectivity index is 2.06. The summed E-state index contributed by atoms with van der Waals surface area (Å²) in [5.41, 5.74) is 0.989. The summed E-state index contributed by atoms with van der Waals surface area (Å²) in [7, 11) is 0. The summed E-state index contributed by atoms with van der Waals surface area (Å²) in [5.74, 6) is 1.35. The second kappa shape index (κ2) is 6.51. The van der Waals surface area contributed by atoms with E-state index in [1.54, 1.807) is 0 Å². The van der Waals surface area contributed by atoms with Crippen LogP contribution in [0.2, 0.25) is 5.02 Å². The lowest BCUT2D eigenvalue weighted by Gasteiger charge is -2.19. The molecule has 94 valence electrons.